The quantitative estimate of drug-likeness (QED) is 0.446. The van der Waals surface area contributed by atoms with Gasteiger partial charge in [0.05, 0.1) is 26.3 Å². The number of hydrogen-bond donors (Lipinski definition) is 2. The Hall–Kier alpha value is -1.91. The van der Waals surface area contributed by atoms with Gasteiger partial charge in [-0.2, -0.15) is 0 Å². The molecule has 0 aliphatic carbocycles. The lowest BCUT2D eigenvalue weighted by molar-refractivity contribution is 0.102. The van der Waals surface area contributed by atoms with Crippen molar-refractivity contribution in [2.75, 3.05) is 5.32 Å². The van der Waals surface area contributed by atoms with E-state index in [0.717, 1.165) is 5.56 Å². The second kappa shape index (κ2) is 7.77. The maximum absolute atomic E-state index is 12.7. The zero-order valence-corrected chi connectivity index (χ0v) is 16.1. The Morgan fingerprint density at radius 3 is 2.19 bits per heavy atom. The summed E-state index contributed by atoms with van der Waals surface area (Å²) >= 11 is 24.1. The molecule has 0 atom stereocenters. The Bertz CT molecular complexity index is 991. The van der Waals surface area contributed by atoms with E-state index < -0.39 is 5.91 Å². The summed E-state index contributed by atoms with van der Waals surface area (Å²) in [7, 11) is 0. The fraction of sp³-hybridized carbons (Fsp3) is 0. The second-order valence-electron chi connectivity index (χ2n) is 5.42. The first-order valence-corrected chi connectivity index (χ1v) is 8.92. The van der Waals surface area contributed by atoms with Gasteiger partial charge in [0.1, 0.15) is 5.75 Å². The highest BCUT2D eigenvalue weighted by molar-refractivity contribution is 6.44. The number of amides is 1. The summed E-state index contributed by atoms with van der Waals surface area (Å²) in [5.41, 5.74) is 1.46. The van der Waals surface area contributed by atoms with Gasteiger partial charge in [-0.15, -0.1) is 0 Å². The van der Waals surface area contributed by atoms with Gasteiger partial charge in [-0.25, -0.2) is 0 Å². The number of carbonyl (C=O) groups excluding carboxylic acids is 1. The molecule has 0 saturated carbocycles. The lowest BCUT2D eigenvalue weighted by Crippen LogP contribution is -2.13. The van der Waals surface area contributed by atoms with Crippen molar-refractivity contribution in [1.29, 1.82) is 0 Å². The highest BCUT2D eigenvalue weighted by Gasteiger charge is 2.18. The lowest BCUT2D eigenvalue weighted by atomic mass is 10.0. The van der Waals surface area contributed by atoms with Gasteiger partial charge in [-0.05, 0) is 29.8 Å². The van der Waals surface area contributed by atoms with E-state index >= 15 is 0 Å². The number of benzene rings is 3. The van der Waals surface area contributed by atoms with E-state index in [9.17, 15) is 9.90 Å². The summed E-state index contributed by atoms with van der Waals surface area (Å²) in [5, 5.41) is 14.2. The lowest BCUT2D eigenvalue weighted by Gasteiger charge is -2.13. The molecule has 0 spiro atoms. The number of rotatable bonds is 3. The van der Waals surface area contributed by atoms with Crippen LogP contribution < -0.4 is 5.32 Å². The highest BCUT2D eigenvalue weighted by atomic mass is 35.5. The van der Waals surface area contributed by atoms with E-state index in [-0.39, 0.29) is 32.1 Å². The summed E-state index contributed by atoms with van der Waals surface area (Å²) in [5.74, 6) is -0.767. The van der Waals surface area contributed by atoms with Crippen molar-refractivity contribution in [3.63, 3.8) is 0 Å². The van der Waals surface area contributed by atoms with Gasteiger partial charge in [0.15, 0.2) is 0 Å². The van der Waals surface area contributed by atoms with Gasteiger partial charge >= 0.3 is 0 Å². The second-order valence-corrected chi connectivity index (χ2v) is 7.07. The first-order chi connectivity index (χ1) is 12.4. The molecule has 0 radical (unpaired) electrons. The zero-order chi connectivity index (χ0) is 18.8. The van der Waals surface area contributed by atoms with E-state index in [4.69, 9.17) is 46.4 Å². The minimum atomic E-state index is -0.581. The molecule has 0 aliphatic heterocycles. The Morgan fingerprint density at radius 2 is 1.50 bits per heavy atom. The highest BCUT2D eigenvalue weighted by Crippen LogP contribution is 2.37. The summed E-state index contributed by atoms with van der Waals surface area (Å²) in [6.45, 7) is 0. The van der Waals surface area contributed by atoms with Crippen LogP contribution in [0.25, 0.3) is 11.1 Å². The van der Waals surface area contributed by atoms with Crippen LogP contribution in [0.5, 0.6) is 5.75 Å². The number of nitrogens with one attached hydrogen (secondary N) is 1. The largest absolute Gasteiger partial charge is 0.506 e. The van der Waals surface area contributed by atoms with Crippen LogP contribution >= 0.6 is 46.4 Å². The van der Waals surface area contributed by atoms with Gasteiger partial charge in [0.25, 0.3) is 5.91 Å². The number of halogens is 4. The normalized spacial score (nSPS) is 10.6. The van der Waals surface area contributed by atoms with E-state index in [0.29, 0.717) is 10.6 Å². The van der Waals surface area contributed by atoms with Gasteiger partial charge in [-0.1, -0.05) is 76.7 Å². The van der Waals surface area contributed by atoms with Crippen molar-refractivity contribution in [3.05, 3.63) is 80.3 Å². The average molecular weight is 427 g/mol. The monoisotopic (exact) mass is 425 g/mol. The molecule has 7 heteroatoms. The molecule has 0 heterocycles. The predicted molar refractivity (Wildman–Crippen MR) is 108 cm³/mol. The molecule has 0 fully saturated rings. The Kier molecular flexibility index (Phi) is 5.64. The number of aromatic hydroxyl groups is 1. The molecule has 132 valence electrons. The van der Waals surface area contributed by atoms with Crippen LogP contribution in [-0.2, 0) is 0 Å². The van der Waals surface area contributed by atoms with Crippen molar-refractivity contribution in [2.45, 2.75) is 0 Å². The number of carbonyl (C=O) groups is 1. The molecule has 0 unspecified atom stereocenters. The van der Waals surface area contributed by atoms with Crippen molar-refractivity contribution in [1.82, 2.24) is 0 Å². The maximum Gasteiger partial charge on any atom is 0.259 e. The summed E-state index contributed by atoms with van der Waals surface area (Å²) in [6.07, 6.45) is 0. The van der Waals surface area contributed by atoms with Crippen molar-refractivity contribution < 1.29 is 9.90 Å². The molecular formula is C19H11Cl4NO2. The average Bonchev–Trinajstić information content (AvgIpc) is 2.62. The van der Waals surface area contributed by atoms with Crippen LogP contribution in [0.1, 0.15) is 10.4 Å². The van der Waals surface area contributed by atoms with Crippen LogP contribution in [0.2, 0.25) is 20.1 Å². The van der Waals surface area contributed by atoms with Crippen LogP contribution in [0.15, 0.2) is 54.6 Å². The van der Waals surface area contributed by atoms with Crippen LogP contribution in [0, 0.1) is 0 Å². The molecule has 3 aromatic carbocycles. The smallest absolute Gasteiger partial charge is 0.259 e. The first-order valence-electron chi connectivity index (χ1n) is 7.40. The minimum absolute atomic E-state index is 0.0125. The van der Waals surface area contributed by atoms with Crippen LogP contribution in [-0.4, -0.2) is 11.0 Å². The molecule has 3 aromatic rings. The van der Waals surface area contributed by atoms with E-state index in [1.54, 1.807) is 6.07 Å². The summed E-state index contributed by atoms with van der Waals surface area (Å²) in [4.78, 5) is 12.7. The molecule has 0 bridgehead atoms. The minimum Gasteiger partial charge on any atom is -0.506 e. The molecule has 2 N–H and O–H groups in total. The van der Waals surface area contributed by atoms with Crippen molar-refractivity contribution in [2.24, 2.45) is 0 Å². The van der Waals surface area contributed by atoms with Gasteiger partial charge in [0.2, 0.25) is 0 Å². The van der Waals surface area contributed by atoms with Gasteiger partial charge in [-0.3, -0.25) is 4.79 Å². The standard InChI is InChI=1S/C19H11Cl4NO2/c20-11-6-12(10-4-2-1-3-5-10)18(25)13(7-11)19(26)24-17-9-15(22)14(21)8-16(17)23/h1-9,25H,(H,24,26). The Labute approximate surface area is 170 Å². The first kappa shape index (κ1) is 18.9. The van der Waals surface area contributed by atoms with Crippen LogP contribution in [0.3, 0.4) is 0 Å². The van der Waals surface area contributed by atoms with Crippen molar-refractivity contribution in [3.8, 4) is 16.9 Å². The molecule has 3 nitrogen and oxygen atoms in total. The molecule has 0 aliphatic rings. The third-order valence-corrected chi connectivity index (χ3v) is 4.92. The number of phenolic OH excluding ortho intramolecular Hbond substituents is 1. The molecular weight excluding hydrogens is 416 g/mol. The van der Waals surface area contributed by atoms with Crippen molar-refractivity contribution >= 4 is 58.0 Å². The van der Waals surface area contributed by atoms with E-state index in [1.165, 1.54) is 18.2 Å². The third kappa shape index (κ3) is 3.92. The fourth-order valence-electron chi connectivity index (χ4n) is 2.42. The van der Waals surface area contributed by atoms with Crippen LogP contribution in [0.4, 0.5) is 5.69 Å². The number of phenols is 1. The van der Waals surface area contributed by atoms with E-state index in [2.05, 4.69) is 5.32 Å². The predicted octanol–water partition coefficient (Wildman–Crippen LogP) is 6.93. The summed E-state index contributed by atoms with van der Waals surface area (Å²) < 4.78 is 0. The fourth-order valence-corrected chi connectivity index (χ4v) is 3.23. The van der Waals surface area contributed by atoms with Gasteiger partial charge < -0.3 is 10.4 Å². The molecule has 0 aromatic heterocycles. The summed E-state index contributed by atoms with van der Waals surface area (Å²) in [6, 6.07) is 14.9. The Balaban J connectivity index is 2.01. The molecule has 26 heavy (non-hydrogen) atoms. The zero-order valence-electron chi connectivity index (χ0n) is 13.1. The van der Waals surface area contributed by atoms with Gasteiger partial charge in [0, 0.05) is 10.6 Å². The topological polar surface area (TPSA) is 49.3 Å². The molecule has 1 amide bonds. The maximum atomic E-state index is 12.7. The SMILES string of the molecule is O=C(Nc1cc(Cl)c(Cl)cc1Cl)c1cc(Cl)cc(-c2ccccc2)c1O. The Morgan fingerprint density at radius 1 is 0.846 bits per heavy atom. The number of hydrogen-bond acceptors (Lipinski definition) is 2. The van der Waals surface area contributed by atoms with E-state index in [1.807, 2.05) is 30.3 Å². The third-order valence-electron chi connectivity index (χ3n) is 3.66. The molecule has 0 saturated heterocycles. The number of anilines is 1. The molecule has 3 rings (SSSR count).